The van der Waals surface area contributed by atoms with Crippen LogP contribution in [0.1, 0.15) is 10.4 Å². The minimum atomic E-state index is -1.00. The Labute approximate surface area is 86.2 Å². The van der Waals surface area contributed by atoms with Crippen LogP contribution in [0.25, 0.3) is 0 Å². The van der Waals surface area contributed by atoms with Gasteiger partial charge in [-0.05, 0) is 6.07 Å². The Morgan fingerprint density at radius 1 is 1.71 bits per heavy atom. The summed E-state index contributed by atoms with van der Waals surface area (Å²) < 4.78 is 0. The van der Waals surface area contributed by atoms with Gasteiger partial charge in [0.05, 0.1) is 24.0 Å². The molecule has 0 aliphatic carbocycles. The molecule has 5 heteroatoms. The van der Waals surface area contributed by atoms with E-state index in [1.54, 1.807) is 0 Å². The highest BCUT2D eigenvalue weighted by molar-refractivity contribution is 6.29. The molecule has 14 heavy (non-hydrogen) atoms. The van der Waals surface area contributed by atoms with Crippen molar-refractivity contribution in [3.8, 4) is 0 Å². The van der Waals surface area contributed by atoms with E-state index < -0.39 is 5.97 Å². The third kappa shape index (κ3) is 2.74. The molecule has 0 saturated carbocycles. The minimum absolute atomic E-state index is 0.165. The number of carboxylic acids is 1. The monoisotopic (exact) mass is 212 g/mol. The summed E-state index contributed by atoms with van der Waals surface area (Å²) in [7, 11) is 0. The highest BCUT2D eigenvalue weighted by atomic mass is 35.5. The zero-order valence-electron chi connectivity index (χ0n) is 7.33. The summed E-state index contributed by atoms with van der Waals surface area (Å²) in [5.41, 5.74) is 0.597. The van der Waals surface area contributed by atoms with Gasteiger partial charge in [0, 0.05) is 11.2 Å². The van der Waals surface area contributed by atoms with Gasteiger partial charge in [0.15, 0.2) is 0 Å². The number of hydrogen-bond donors (Lipinski definition) is 2. The van der Waals surface area contributed by atoms with Crippen molar-refractivity contribution in [2.75, 3.05) is 11.9 Å². The molecule has 0 amide bonds. The molecule has 0 unspecified atom stereocenters. The van der Waals surface area contributed by atoms with Crippen molar-refractivity contribution in [2.24, 2.45) is 0 Å². The molecule has 1 rings (SSSR count). The number of carboxylic acid groups (broad SMARTS) is 1. The summed E-state index contributed by atoms with van der Waals surface area (Å²) in [6, 6.07) is 1.42. The van der Waals surface area contributed by atoms with E-state index in [9.17, 15) is 4.79 Å². The number of aromatic nitrogens is 1. The second-order valence-corrected chi connectivity index (χ2v) is 3.13. The summed E-state index contributed by atoms with van der Waals surface area (Å²) in [5, 5.41) is 12.0. The van der Waals surface area contributed by atoms with Crippen molar-refractivity contribution in [3.05, 3.63) is 35.6 Å². The van der Waals surface area contributed by atoms with Gasteiger partial charge in [-0.3, -0.25) is 4.98 Å². The zero-order valence-corrected chi connectivity index (χ0v) is 8.08. The number of pyridine rings is 1. The smallest absolute Gasteiger partial charge is 0.337 e. The van der Waals surface area contributed by atoms with Crippen LogP contribution in [0, 0.1) is 0 Å². The standard InChI is InChI=1S/C9H9ClN2O2/c1-6(10)4-12-8-5-11-3-2-7(8)9(13)14/h2-3,5,12H,1,4H2,(H,13,14). The molecule has 1 aromatic rings. The van der Waals surface area contributed by atoms with Gasteiger partial charge in [0.2, 0.25) is 0 Å². The summed E-state index contributed by atoms with van der Waals surface area (Å²) in [6.45, 7) is 3.79. The van der Waals surface area contributed by atoms with E-state index in [2.05, 4.69) is 16.9 Å². The minimum Gasteiger partial charge on any atom is -0.478 e. The maximum absolute atomic E-state index is 10.7. The molecule has 0 atom stereocenters. The van der Waals surface area contributed by atoms with Crippen molar-refractivity contribution in [2.45, 2.75) is 0 Å². The molecule has 4 nitrogen and oxygen atoms in total. The summed E-state index contributed by atoms with van der Waals surface area (Å²) in [4.78, 5) is 14.6. The van der Waals surface area contributed by atoms with Crippen molar-refractivity contribution in [1.29, 1.82) is 0 Å². The molecule has 0 fully saturated rings. The molecule has 1 aromatic heterocycles. The first kappa shape index (κ1) is 10.5. The van der Waals surface area contributed by atoms with Gasteiger partial charge in [0.1, 0.15) is 0 Å². The molecule has 0 aliphatic heterocycles. The number of hydrogen-bond acceptors (Lipinski definition) is 3. The number of nitrogens with one attached hydrogen (secondary N) is 1. The topological polar surface area (TPSA) is 62.2 Å². The summed E-state index contributed by atoms with van der Waals surface area (Å²) in [6.07, 6.45) is 2.85. The van der Waals surface area contributed by atoms with Crippen LogP contribution in [0.4, 0.5) is 5.69 Å². The van der Waals surface area contributed by atoms with Gasteiger partial charge >= 0.3 is 5.97 Å². The van der Waals surface area contributed by atoms with E-state index in [1.165, 1.54) is 18.5 Å². The van der Waals surface area contributed by atoms with Crippen LogP contribution in [0.5, 0.6) is 0 Å². The maximum atomic E-state index is 10.7. The van der Waals surface area contributed by atoms with Gasteiger partial charge in [-0.2, -0.15) is 0 Å². The van der Waals surface area contributed by atoms with E-state index in [0.717, 1.165) is 0 Å². The predicted octanol–water partition coefficient (Wildman–Crippen LogP) is 1.94. The molecule has 1 heterocycles. The second-order valence-electron chi connectivity index (χ2n) is 2.60. The summed E-state index contributed by atoms with van der Waals surface area (Å²) >= 11 is 5.53. The lowest BCUT2D eigenvalue weighted by Crippen LogP contribution is -2.07. The third-order valence-electron chi connectivity index (χ3n) is 1.52. The number of anilines is 1. The third-order valence-corrected chi connectivity index (χ3v) is 1.66. The van der Waals surface area contributed by atoms with Crippen LogP contribution < -0.4 is 5.32 Å². The molecule has 0 aliphatic rings. The lowest BCUT2D eigenvalue weighted by Gasteiger charge is -2.06. The largest absolute Gasteiger partial charge is 0.478 e. The van der Waals surface area contributed by atoms with E-state index in [0.29, 0.717) is 17.3 Å². The molecular formula is C9H9ClN2O2. The molecule has 0 aromatic carbocycles. The highest BCUT2D eigenvalue weighted by Gasteiger charge is 2.08. The fourth-order valence-electron chi connectivity index (χ4n) is 0.913. The second kappa shape index (κ2) is 4.62. The van der Waals surface area contributed by atoms with Crippen LogP contribution in [-0.2, 0) is 0 Å². The maximum Gasteiger partial charge on any atom is 0.337 e. The van der Waals surface area contributed by atoms with E-state index >= 15 is 0 Å². The van der Waals surface area contributed by atoms with Crippen molar-refractivity contribution < 1.29 is 9.90 Å². The fraction of sp³-hybridized carbons (Fsp3) is 0.111. The van der Waals surface area contributed by atoms with Crippen LogP contribution >= 0.6 is 11.6 Å². The first-order valence-electron chi connectivity index (χ1n) is 3.85. The van der Waals surface area contributed by atoms with Gasteiger partial charge in [-0.1, -0.05) is 18.2 Å². The van der Waals surface area contributed by atoms with Gasteiger partial charge in [-0.15, -0.1) is 0 Å². The highest BCUT2D eigenvalue weighted by Crippen LogP contribution is 2.13. The van der Waals surface area contributed by atoms with Crippen LogP contribution in [0.15, 0.2) is 30.1 Å². The number of aromatic carboxylic acids is 1. The molecule has 0 radical (unpaired) electrons. The Morgan fingerprint density at radius 2 is 2.43 bits per heavy atom. The fourth-order valence-corrected chi connectivity index (χ4v) is 0.980. The van der Waals surface area contributed by atoms with Gasteiger partial charge in [-0.25, -0.2) is 4.79 Å². The van der Waals surface area contributed by atoms with E-state index in [-0.39, 0.29) is 5.56 Å². The Hall–Kier alpha value is -1.55. The number of carbonyl (C=O) groups is 1. The van der Waals surface area contributed by atoms with Crippen molar-refractivity contribution >= 4 is 23.3 Å². The average molecular weight is 213 g/mol. The summed E-state index contributed by atoms with van der Waals surface area (Å²) in [5.74, 6) is -1.00. The van der Waals surface area contributed by atoms with Crippen molar-refractivity contribution in [1.82, 2.24) is 4.98 Å². The average Bonchev–Trinajstić information content (AvgIpc) is 2.15. The Kier molecular flexibility index (Phi) is 3.48. The molecular weight excluding hydrogens is 204 g/mol. The van der Waals surface area contributed by atoms with Crippen LogP contribution in [0.3, 0.4) is 0 Å². The van der Waals surface area contributed by atoms with Gasteiger partial charge < -0.3 is 10.4 Å². The Balaban J connectivity index is 2.84. The normalized spacial score (nSPS) is 9.50. The van der Waals surface area contributed by atoms with Crippen LogP contribution in [-0.4, -0.2) is 22.6 Å². The van der Waals surface area contributed by atoms with E-state index in [4.69, 9.17) is 16.7 Å². The SMILES string of the molecule is C=C(Cl)CNc1cnccc1C(=O)O. The Bertz CT molecular complexity index is 366. The lowest BCUT2D eigenvalue weighted by molar-refractivity contribution is 0.0698. The zero-order chi connectivity index (χ0) is 10.6. The lowest BCUT2D eigenvalue weighted by atomic mass is 10.2. The molecule has 0 spiro atoms. The molecule has 74 valence electrons. The number of halogens is 1. The predicted molar refractivity (Wildman–Crippen MR) is 54.7 cm³/mol. The quantitative estimate of drug-likeness (QED) is 0.801. The molecule has 0 saturated heterocycles. The van der Waals surface area contributed by atoms with Gasteiger partial charge in [0.25, 0.3) is 0 Å². The van der Waals surface area contributed by atoms with Crippen molar-refractivity contribution in [3.63, 3.8) is 0 Å². The number of nitrogens with zero attached hydrogens (tertiary/aromatic N) is 1. The van der Waals surface area contributed by atoms with E-state index in [1.807, 2.05) is 0 Å². The van der Waals surface area contributed by atoms with Crippen LogP contribution in [0.2, 0.25) is 0 Å². The first-order chi connectivity index (χ1) is 6.61. The molecule has 2 N–H and O–H groups in total. The molecule has 0 bridgehead atoms. The Morgan fingerprint density at radius 3 is 3.00 bits per heavy atom. The number of rotatable bonds is 4. The first-order valence-corrected chi connectivity index (χ1v) is 4.23.